The van der Waals surface area contributed by atoms with Gasteiger partial charge in [0.2, 0.25) is 0 Å². The van der Waals surface area contributed by atoms with Gasteiger partial charge in [-0.25, -0.2) is 10.3 Å². The molecule has 48 valence electrons. The highest BCUT2D eigenvalue weighted by Crippen LogP contribution is 1.65. The third-order valence-electron chi connectivity index (χ3n) is 0.442. The smallest absolute Gasteiger partial charge is 0.331 e. The summed E-state index contributed by atoms with van der Waals surface area (Å²) in [5.74, 6) is -0.967. The van der Waals surface area contributed by atoms with Gasteiger partial charge in [-0.3, -0.25) is 4.84 Å². The van der Waals surface area contributed by atoms with Crippen molar-refractivity contribution in [1.29, 1.82) is 0 Å². The van der Waals surface area contributed by atoms with E-state index < -0.39 is 5.97 Å². The van der Waals surface area contributed by atoms with Gasteiger partial charge in [-0.15, -0.1) is 0 Å². The molecule has 8 heavy (non-hydrogen) atoms. The van der Waals surface area contributed by atoms with E-state index in [1.165, 1.54) is 0 Å². The second kappa shape index (κ2) is 4.55. The lowest BCUT2D eigenvalue weighted by molar-refractivity contribution is -0.145. The van der Waals surface area contributed by atoms with Crippen LogP contribution in [0.15, 0.2) is 0 Å². The zero-order valence-electron chi connectivity index (χ0n) is 4.68. The van der Waals surface area contributed by atoms with Gasteiger partial charge in [0, 0.05) is 6.54 Å². The van der Waals surface area contributed by atoms with Crippen molar-refractivity contribution in [3.8, 4) is 0 Å². The normalized spacial score (nSPS) is 9.12. The molecule has 4 nitrogen and oxygen atoms in total. The van der Waals surface area contributed by atoms with Gasteiger partial charge in [0.05, 0.1) is 0 Å². The average Bonchev–Trinajstić information content (AvgIpc) is 1.66. The topological polar surface area (TPSA) is 58.6 Å². The fourth-order valence-electron chi connectivity index (χ4n) is 0.215. The van der Waals surface area contributed by atoms with Crippen LogP contribution in [0.25, 0.3) is 0 Å². The molecular weight excluding hydrogens is 110 g/mol. The quantitative estimate of drug-likeness (QED) is 0.391. The molecule has 0 aromatic heterocycles. The summed E-state index contributed by atoms with van der Waals surface area (Å²) in [5.41, 5.74) is 2.40. The van der Waals surface area contributed by atoms with Gasteiger partial charge in [-0.05, 0) is 0 Å². The van der Waals surface area contributed by atoms with E-state index in [2.05, 4.69) is 10.3 Å². The molecule has 0 aliphatic carbocycles. The minimum atomic E-state index is -0.967. The van der Waals surface area contributed by atoms with Crippen LogP contribution in [0.5, 0.6) is 0 Å². The molecule has 0 aliphatic rings. The maximum Gasteiger partial charge on any atom is 0.331 e. The minimum absolute atomic E-state index is 0.284. The van der Waals surface area contributed by atoms with Crippen LogP contribution in [0.3, 0.4) is 0 Å². The minimum Gasteiger partial charge on any atom is -0.479 e. The average molecular weight is 119 g/mol. The molecule has 0 saturated carbocycles. The van der Waals surface area contributed by atoms with E-state index in [4.69, 9.17) is 5.11 Å². The number of hydroxylamine groups is 1. The molecule has 2 N–H and O–H groups in total. The molecule has 0 unspecified atom stereocenters. The van der Waals surface area contributed by atoms with Gasteiger partial charge in [0.15, 0.2) is 6.61 Å². The number of carboxylic acid groups (broad SMARTS) is 1. The number of carboxylic acids is 1. The monoisotopic (exact) mass is 119 g/mol. The van der Waals surface area contributed by atoms with Crippen LogP contribution in [-0.2, 0) is 9.63 Å². The summed E-state index contributed by atoms with van der Waals surface area (Å²) in [5, 5.41) is 7.98. The van der Waals surface area contributed by atoms with E-state index >= 15 is 0 Å². The number of rotatable bonds is 4. The molecular formula is C4H9NO3. The Hall–Kier alpha value is -0.610. The largest absolute Gasteiger partial charge is 0.479 e. The molecule has 0 radical (unpaired) electrons. The number of aliphatic carboxylic acids is 1. The lowest BCUT2D eigenvalue weighted by Crippen LogP contribution is -2.18. The molecule has 0 heterocycles. The summed E-state index contributed by atoms with van der Waals surface area (Å²) in [4.78, 5) is 14.1. The number of carbonyl (C=O) groups is 1. The summed E-state index contributed by atoms with van der Waals surface area (Å²) in [6.45, 7) is 2.16. The summed E-state index contributed by atoms with van der Waals surface area (Å²) < 4.78 is 0. The second-order valence-electron chi connectivity index (χ2n) is 1.18. The number of hydrogen-bond acceptors (Lipinski definition) is 3. The zero-order valence-corrected chi connectivity index (χ0v) is 4.68. The molecule has 0 aliphatic heterocycles. The van der Waals surface area contributed by atoms with E-state index in [-0.39, 0.29) is 6.61 Å². The SMILES string of the molecule is CCNOCC(=O)O. The first kappa shape index (κ1) is 7.39. The fraction of sp³-hybridized carbons (Fsp3) is 0.750. The molecule has 0 saturated heterocycles. The van der Waals surface area contributed by atoms with E-state index in [9.17, 15) is 4.79 Å². The second-order valence-corrected chi connectivity index (χ2v) is 1.18. The maximum atomic E-state index is 9.71. The third-order valence-corrected chi connectivity index (χ3v) is 0.442. The highest BCUT2D eigenvalue weighted by molar-refractivity contribution is 5.67. The third kappa shape index (κ3) is 5.39. The number of hydrogen-bond donors (Lipinski definition) is 2. The first-order valence-corrected chi connectivity index (χ1v) is 2.33. The van der Waals surface area contributed by atoms with Crippen LogP contribution < -0.4 is 5.48 Å². The Morgan fingerprint density at radius 1 is 1.88 bits per heavy atom. The zero-order chi connectivity index (χ0) is 6.41. The van der Waals surface area contributed by atoms with Gasteiger partial charge in [-0.2, -0.15) is 0 Å². The van der Waals surface area contributed by atoms with Crippen molar-refractivity contribution in [3.63, 3.8) is 0 Å². The van der Waals surface area contributed by atoms with Crippen LogP contribution in [0.2, 0.25) is 0 Å². The Labute approximate surface area is 47.4 Å². The predicted molar refractivity (Wildman–Crippen MR) is 27.3 cm³/mol. The molecule has 0 rings (SSSR count). The molecule has 0 atom stereocenters. The van der Waals surface area contributed by atoms with Crippen molar-refractivity contribution < 1.29 is 14.7 Å². The Kier molecular flexibility index (Phi) is 4.20. The van der Waals surface area contributed by atoms with Crippen LogP contribution in [0, 0.1) is 0 Å². The van der Waals surface area contributed by atoms with Crippen molar-refractivity contribution in [2.75, 3.05) is 13.2 Å². The standard InChI is InChI=1S/C4H9NO3/c1-2-5-8-3-4(6)7/h5H,2-3H2,1H3,(H,6,7). The van der Waals surface area contributed by atoms with Crippen LogP contribution >= 0.6 is 0 Å². The Morgan fingerprint density at radius 2 is 2.50 bits per heavy atom. The van der Waals surface area contributed by atoms with E-state index in [1.807, 2.05) is 6.92 Å². The van der Waals surface area contributed by atoms with Crippen molar-refractivity contribution in [2.24, 2.45) is 0 Å². The van der Waals surface area contributed by atoms with Gasteiger partial charge in [0.25, 0.3) is 0 Å². The summed E-state index contributed by atoms with van der Waals surface area (Å²) in [7, 11) is 0. The van der Waals surface area contributed by atoms with E-state index in [1.54, 1.807) is 0 Å². The van der Waals surface area contributed by atoms with Crippen molar-refractivity contribution in [2.45, 2.75) is 6.92 Å². The Morgan fingerprint density at radius 3 is 2.88 bits per heavy atom. The predicted octanol–water partition coefficient (Wildman–Crippen LogP) is -0.388. The van der Waals surface area contributed by atoms with Gasteiger partial charge in [-0.1, -0.05) is 6.92 Å². The molecule has 0 spiro atoms. The van der Waals surface area contributed by atoms with Crippen molar-refractivity contribution >= 4 is 5.97 Å². The molecule has 0 amide bonds. The molecule has 4 heteroatoms. The highest BCUT2D eigenvalue weighted by atomic mass is 16.7. The highest BCUT2D eigenvalue weighted by Gasteiger charge is 1.92. The first-order valence-electron chi connectivity index (χ1n) is 2.33. The van der Waals surface area contributed by atoms with E-state index in [0.717, 1.165) is 0 Å². The lowest BCUT2D eigenvalue weighted by atomic mass is 10.8. The Bertz CT molecular complexity index is 73.7. The van der Waals surface area contributed by atoms with Crippen LogP contribution in [0.1, 0.15) is 6.92 Å². The first-order chi connectivity index (χ1) is 3.77. The van der Waals surface area contributed by atoms with Crippen molar-refractivity contribution in [3.05, 3.63) is 0 Å². The Balaban J connectivity index is 2.82. The fourth-order valence-corrected chi connectivity index (χ4v) is 0.215. The van der Waals surface area contributed by atoms with Crippen molar-refractivity contribution in [1.82, 2.24) is 5.48 Å². The van der Waals surface area contributed by atoms with Gasteiger partial charge in [0.1, 0.15) is 0 Å². The molecule has 0 aromatic carbocycles. The maximum absolute atomic E-state index is 9.71. The number of nitrogens with one attached hydrogen (secondary N) is 1. The van der Waals surface area contributed by atoms with E-state index in [0.29, 0.717) is 6.54 Å². The molecule has 0 aromatic rings. The van der Waals surface area contributed by atoms with Crippen LogP contribution in [0.4, 0.5) is 0 Å². The van der Waals surface area contributed by atoms with Crippen LogP contribution in [-0.4, -0.2) is 24.2 Å². The summed E-state index contributed by atoms with van der Waals surface area (Å²) in [6, 6.07) is 0. The molecule has 0 bridgehead atoms. The molecule has 0 fully saturated rings. The van der Waals surface area contributed by atoms with Gasteiger partial charge < -0.3 is 5.11 Å². The lowest BCUT2D eigenvalue weighted by Gasteiger charge is -1.96. The van der Waals surface area contributed by atoms with Gasteiger partial charge >= 0.3 is 5.97 Å². The summed E-state index contributed by atoms with van der Waals surface area (Å²) in [6.07, 6.45) is 0. The summed E-state index contributed by atoms with van der Waals surface area (Å²) >= 11 is 0.